The van der Waals surface area contributed by atoms with Crippen LogP contribution >= 0.6 is 0 Å². The highest BCUT2D eigenvalue weighted by molar-refractivity contribution is 5.80. The molecule has 1 aromatic heterocycles. The van der Waals surface area contributed by atoms with E-state index in [2.05, 4.69) is 11.6 Å². The molecule has 0 saturated heterocycles. The fourth-order valence-corrected chi connectivity index (χ4v) is 1.43. The van der Waals surface area contributed by atoms with Crippen molar-refractivity contribution >= 4 is 5.57 Å². The van der Waals surface area contributed by atoms with E-state index >= 15 is 0 Å². The first-order valence-corrected chi connectivity index (χ1v) is 4.66. The van der Waals surface area contributed by atoms with Crippen LogP contribution in [0.3, 0.4) is 0 Å². The van der Waals surface area contributed by atoms with Crippen LogP contribution < -0.4 is 0 Å². The predicted molar refractivity (Wildman–Crippen MR) is 60.5 cm³/mol. The minimum Gasteiger partial charge on any atom is -0.507 e. The van der Waals surface area contributed by atoms with Crippen molar-refractivity contribution in [1.29, 1.82) is 0 Å². The molecule has 1 heterocycles. The Morgan fingerprint density at radius 3 is 2.60 bits per heavy atom. The van der Waals surface area contributed by atoms with Crippen LogP contribution in [-0.2, 0) is 0 Å². The molecule has 0 fully saturated rings. The van der Waals surface area contributed by atoms with Crippen LogP contribution in [0, 0.1) is 0 Å². The summed E-state index contributed by atoms with van der Waals surface area (Å²) in [5.41, 5.74) is 2.44. The SMILES string of the molecule is C=C(c1cccnc1)c1ccccc1O. The van der Waals surface area contributed by atoms with Gasteiger partial charge in [0, 0.05) is 23.5 Å². The maximum absolute atomic E-state index is 9.66. The molecule has 0 aliphatic heterocycles. The Bertz CT molecular complexity index is 477. The zero-order valence-electron chi connectivity index (χ0n) is 8.22. The Kier molecular flexibility index (Phi) is 2.50. The highest BCUT2D eigenvalue weighted by atomic mass is 16.3. The van der Waals surface area contributed by atoms with Crippen molar-refractivity contribution in [3.63, 3.8) is 0 Å². The number of hydrogen-bond donors (Lipinski definition) is 1. The lowest BCUT2D eigenvalue weighted by atomic mass is 10.0. The average Bonchev–Trinajstić information content (AvgIpc) is 2.30. The Morgan fingerprint density at radius 2 is 1.93 bits per heavy atom. The molecule has 0 aliphatic carbocycles. The van der Waals surface area contributed by atoms with Crippen molar-refractivity contribution in [3.05, 3.63) is 66.5 Å². The van der Waals surface area contributed by atoms with Gasteiger partial charge < -0.3 is 5.11 Å². The van der Waals surface area contributed by atoms with E-state index in [1.807, 2.05) is 24.3 Å². The van der Waals surface area contributed by atoms with E-state index in [-0.39, 0.29) is 5.75 Å². The molecule has 0 aliphatic rings. The van der Waals surface area contributed by atoms with Crippen LogP contribution in [0.5, 0.6) is 5.75 Å². The Labute approximate surface area is 88.5 Å². The van der Waals surface area contributed by atoms with Gasteiger partial charge in [0.2, 0.25) is 0 Å². The standard InChI is InChI=1S/C13H11NO/c1-10(11-5-4-8-14-9-11)12-6-2-3-7-13(12)15/h2-9,15H,1H2. The molecule has 2 rings (SSSR count). The largest absolute Gasteiger partial charge is 0.507 e. The summed E-state index contributed by atoms with van der Waals surface area (Å²) >= 11 is 0. The van der Waals surface area contributed by atoms with Crippen molar-refractivity contribution < 1.29 is 5.11 Å². The number of nitrogens with zero attached hydrogens (tertiary/aromatic N) is 1. The lowest BCUT2D eigenvalue weighted by Crippen LogP contribution is -1.87. The third kappa shape index (κ3) is 1.89. The number of aromatic nitrogens is 1. The topological polar surface area (TPSA) is 33.1 Å². The molecule has 0 amide bonds. The summed E-state index contributed by atoms with van der Waals surface area (Å²) in [5, 5.41) is 9.66. The van der Waals surface area contributed by atoms with Gasteiger partial charge in [-0.25, -0.2) is 0 Å². The Hall–Kier alpha value is -2.09. The monoisotopic (exact) mass is 197 g/mol. The summed E-state index contributed by atoms with van der Waals surface area (Å²) < 4.78 is 0. The van der Waals surface area contributed by atoms with Crippen molar-refractivity contribution in [2.24, 2.45) is 0 Å². The van der Waals surface area contributed by atoms with Gasteiger partial charge in [0.05, 0.1) is 0 Å². The van der Waals surface area contributed by atoms with Crippen LogP contribution in [0.4, 0.5) is 0 Å². The predicted octanol–water partition coefficient (Wildman–Crippen LogP) is 2.85. The molecule has 0 saturated carbocycles. The summed E-state index contributed by atoms with van der Waals surface area (Å²) in [4.78, 5) is 4.02. The van der Waals surface area contributed by atoms with Gasteiger partial charge in [-0.15, -0.1) is 0 Å². The molecule has 2 aromatic rings. The van der Waals surface area contributed by atoms with Gasteiger partial charge in [-0.1, -0.05) is 30.8 Å². The number of phenolic OH excluding ortho intramolecular Hbond substituents is 1. The quantitative estimate of drug-likeness (QED) is 0.803. The maximum atomic E-state index is 9.66. The molecule has 1 aromatic carbocycles. The summed E-state index contributed by atoms with van der Waals surface area (Å²) in [6.07, 6.45) is 3.44. The number of pyridine rings is 1. The summed E-state index contributed by atoms with van der Waals surface area (Å²) in [5.74, 6) is 0.242. The van der Waals surface area contributed by atoms with E-state index in [9.17, 15) is 5.11 Å². The second-order valence-electron chi connectivity index (χ2n) is 3.24. The number of rotatable bonds is 2. The lowest BCUT2D eigenvalue weighted by Gasteiger charge is -2.07. The van der Waals surface area contributed by atoms with Crippen LogP contribution in [0.25, 0.3) is 5.57 Å². The van der Waals surface area contributed by atoms with Gasteiger partial charge in [0.15, 0.2) is 0 Å². The molecule has 1 N–H and O–H groups in total. The number of phenols is 1. The lowest BCUT2D eigenvalue weighted by molar-refractivity contribution is 0.473. The van der Waals surface area contributed by atoms with Crippen LogP contribution in [0.15, 0.2) is 55.4 Å². The van der Waals surface area contributed by atoms with E-state index in [1.165, 1.54) is 0 Å². The van der Waals surface area contributed by atoms with Crippen LogP contribution in [-0.4, -0.2) is 10.1 Å². The van der Waals surface area contributed by atoms with Crippen molar-refractivity contribution in [2.75, 3.05) is 0 Å². The summed E-state index contributed by atoms with van der Waals surface area (Å²) in [7, 11) is 0. The summed E-state index contributed by atoms with van der Waals surface area (Å²) in [6, 6.07) is 10.9. The molecule has 74 valence electrons. The van der Waals surface area contributed by atoms with Crippen molar-refractivity contribution in [2.45, 2.75) is 0 Å². The Morgan fingerprint density at radius 1 is 1.13 bits per heavy atom. The van der Waals surface area contributed by atoms with Gasteiger partial charge in [-0.2, -0.15) is 0 Å². The highest BCUT2D eigenvalue weighted by Gasteiger charge is 2.05. The number of hydrogen-bond acceptors (Lipinski definition) is 2. The molecule has 0 atom stereocenters. The molecule has 0 radical (unpaired) electrons. The molecule has 2 nitrogen and oxygen atoms in total. The van der Waals surface area contributed by atoms with Gasteiger partial charge in [0.25, 0.3) is 0 Å². The molecular formula is C13H11NO. The molecule has 0 unspecified atom stereocenters. The maximum Gasteiger partial charge on any atom is 0.123 e. The van der Waals surface area contributed by atoms with Crippen molar-refractivity contribution in [1.82, 2.24) is 4.98 Å². The molecule has 2 heteroatoms. The highest BCUT2D eigenvalue weighted by Crippen LogP contribution is 2.27. The fourth-order valence-electron chi connectivity index (χ4n) is 1.43. The zero-order chi connectivity index (χ0) is 10.7. The smallest absolute Gasteiger partial charge is 0.123 e. The summed E-state index contributed by atoms with van der Waals surface area (Å²) in [6.45, 7) is 3.96. The zero-order valence-corrected chi connectivity index (χ0v) is 8.22. The van der Waals surface area contributed by atoms with E-state index < -0.39 is 0 Å². The first-order chi connectivity index (χ1) is 7.29. The minimum atomic E-state index is 0.242. The van der Waals surface area contributed by atoms with Gasteiger partial charge in [-0.3, -0.25) is 4.98 Å². The molecular weight excluding hydrogens is 186 g/mol. The van der Waals surface area contributed by atoms with E-state index in [1.54, 1.807) is 24.5 Å². The number of benzene rings is 1. The number of para-hydroxylation sites is 1. The second kappa shape index (κ2) is 3.96. The van der Waals surface area contributed by atoms with Crippen LogP contribution in [0.1, 0.15) is 11.1 Å². The van der Waals surface area contributed by atoms with E-state index in [4.69, 9.17) is 0 Å². The molecule has 0 bridgehead atoms. The molecule has 15 heavy (non-hydrogen) atoms. The van der Waals surface area contributed by atoms with Crippen molar-refractivity contribution in [3.8, 4) is 5.75 Å². The van der Waals surface area contributed by atoms with Gasteiger partial charge >= 0.3 is 0 Å². The Balaban J connectivity index is 2.42. The second-order valence-corrected chi connectivity index (χ2v) is 3.24. The first kappa shape index (κ1) is 9.46. The van der Waals surface area contributed by atoms with Gasteiger partial charge in [-0.05, 0) is 17.7 Å². The van der Waals surface area contributed by atoms with Crippen LogP contribution in [0.2, 0.25) is 0 Å². The fraction of sp³-hybridized carbons (Fsp3) is 0. The average molecular weight is 197 g/mol. The van der Waals surface area contributed by atoms with Gasteiger partial charge in [0.1, 0.15) is 5.75 Å². The minimum absolute atomic E-state index is 0.242. The normalized spacial score (nSPS) is 9.87. The number of aromatic hydroxyl groups is 1. The third-order valence-corrected chi connectivity index (χ3v) is 2.24. The van der Waals surface area contributed by atoms with E-state index in [0.717, 1.165) is 16.7 Å². The van der Waals surface area contributed by atoms with E-state index in [0.29, 0.717) is 0 Å². The molecule has 0 spiro atoms. The first-order valence-electron chi connectivity index (χ1n) is 4.66. The third-order valence-electron chi connectivity index (χ3n) is 2.24.